The predicted molar refractivity (Wildman–Crippen MR) is 77.0 cm³/mol. The van der Waals surface area contributed by atoms with Crippen molar-refractivity contribution in [1.29, 1.82) is 0 Å². The molecule has 0 bridgehead atoms. The molecule has 0 aliphatic rings. The van der Waals surface area contributed by atoms with Gasteiger partial charge in [0, 0.05) is 11.6 Å². The smallest absolute Gasteiger partial charge is 0.422 e. The summed E-state index contributed by atoms with van der Waals surface area (Å²) in [6.07, 6.45) is 0.713. The molecule has 0 aliphatic heterocycles. The van der Waals surface area contributed by atoms with E-state index in [-0.39, 0.29) is 11.5 Å². The second kappa shape index (κ2) is 6.06. The third-order valence-corrected chi connectivity index (χ3v) is 3.94. The topological polar surface area (TPSA) is 97.4 Å². The molecule has 0 saturated heterocycles. The summed E-state index contributed by atoms with van der Waals surface area (Å²) in [5, 5.41) is 0.703. The van der Waals surface area contributed by atoms with E-state index in [1.165, 1.54) is 6.07 Å². The Kier molecular flexibility index (Phi) is 4.39. The summed E-state index contributed by atoms with van der Waals surface area (Å²) in [5.74, 6) is 0. The van der Waals surface area contributed by atoms with Gasteiger partial charge in [-0.15, -0.1) is 4.83 Å². The Morgan fingerprint density at radius 1 is 1.38 bits per heavy atom. The maximum atomic E-state index is 12.2. The van der Waals surface area contributed by atoms with Crippen LogP contribution in [0.1, 0.15) is 12.5 Å². The molecular weight excluding hydrogens is 294 g/mol. The lowest BCUT2D eigenvalue weighted by atomic mass is 10.2. The Bertz CT molecular complexity index is 774. The van der Waals surface area contributed by atoms with E-state index in [1.54, 1.807) is 25.3 Å². The first-order valence-electron chi connectivity index (χ1n) is 6.24. The molecule has 2 aromatic rings. The van der Waals surface area contributed by atoms with Crippen LogP contribution in [0.25, 0.3) is 10.9 Å². The average Bonchev–Trinajstić information content (AvgIpc) is 2.44. The molecule has 1 amide bonds. The molecule has 0 atom stereocenters. The van der Waals surface area contributed by atoms with Gasteiger partial charge in [0.25, 0.3) is 10.0 Å². The predicted octanol–water partition coefficient (Wildman–Crippen LogP) is 1.48. The van der Waals surface area contributed by atoms with E-state index >= 15 is 0 Å². The Morgan fingerprint density at radius 2 is 2.14 bits per heavy atom. The summed E-state index contributed by atoms with van der Waals surface area (Å²) in [5.41, 5.74) is 3.23. The highest BCUT2D eigenvalue weighted by Gasteiger charge is 2.19. The molecule has 1 heterocycles. The number of para-hydroxylation sites is 1. The molecular formula is C13H15N3O4S. The number of aromatic nitrogens is 1. The molecule has 21 heavy (non-hydrogen) atoms. The van der Waals surface area contributed by atoms with Crippen LogP contribution in [0.2, 0.25) is 0 Å². The van der Waals surface area contributed by atoms with Gasteiger partial charge in [-0.3, -0.25) is 4.98 Å². The number of pyridine rings is 1. The number of carbonyl (C=O) groups excluding carboxylic acids is 1. The summed E-state index contributed by atoms with van der Waals surface area (Å²) in [6.45, 7) is 3.63. The lowest BCUT2D eigenvalue weighted by molar-refractivity contribution is 0.150. The van der Waals surface area contributed by atoms with E-state index in [9.17, 15) is 13.2 Å². The second-order valence-electron chi connectivity index (χ2n) is 4.29. The molecule has 0 saturated carbocycles. The number of amides is 1. The molecule has 0 fully saturated rings. The van der Waals surface area contributed by atoms with E-state index in [0.717, 1.165) is 5.56 Å². The summed E-state index contributed by atoms with van der Waals surface area (Å²) >= 11 is 0. The fourth-order valence-electron chi connectivity index (χ4n) is 1.79. The van der Waals surface area contributed by atoms with Crippen molar-refractivity contribution in [3.8, 4) is 0 Å². The monoisotopic (exact) mass is 309 g/mol. The zero-order chi connectivity index (χ0) is 15.5. The van der Waals surface area contributed by atoms with Crippen LogP contribution in [0.5, 0.6) is 0 Å². The largest absolute Gasteiger partial charge is 0.449 e. The minimum Gasteiger partial charge on any atom is -0.449 e. The zero-order valence-corrected chi connectivity index (χ0v) is 12.4. The van der Waals surface area contributed by atoms with Crippen LogP contribution in [0.15, 0.2) is 35.4 Å². The van der Waals surface area contributed by atoms with Crippen molar-refractivity contribution in [2.45, 2.75) is 18.7 Å². The number of hydrazine groups is 1. The van der Waals surface area contributed by atoms with Crippen molar-refractivity contribution in [2.24, 2.45) is 0 Å². The van der Waals surface area contributed by atoms with Gasteiger partial charge in [-0.05, 0) is 31.5 Å². The number of rotatable bonds is 4. The first-order chi connectivity index (χ1) is 9.94. The van der Waals surface area contributed by atoms with Crippen LogP contribution in [0.3, 0.4) is 0 Å². The summed E-state index contributed by atoms with van der Waals surface area (Å²) in [4.78, 5) is 17.3. The van der Waals surface area contributed by atoms with Crippen LogP contribution in [-0.2, 0) is 14.8 Å². The van der Waals surface area contributed by atoms with Crippen LogP contribution < -0.4 is 10.3 Å². The van der Waals surface area contributed by atoms with Gasteiger partial charge in [0.2, 0.25) is 0 Å². The second-order valence-corrected chi connectivity index (χ2v) is 5.94. The highest BCUT2D eigenvalue weighted by atomic mass is 32.2. The molecule has 1 aromatic carbocycles. The molecule has 2 N–H and O–H groups in total. The normalized spacial score (nSPS) is 11.3. The summed E-state index contributed by atoms with van der Waals surface area (Å²) < 4.78 is 29.0. The number of benzene rings is 1. The quantitative estimate of drug-likeness (QED) is 0.834. The molecule has 112 valence electrons. The molecule has 0 radical (unpaired) electrons. The maximum absolute atomic E-state index is 12.2. The van der Waals surface area contributed by atoms with Crippen molar-refractivity contribution in [1.82, 2.24) is 15.2 Å². The third kappa shape index (κ3) is 3.47. The van der Waals surface area contributed by atoms with E-state index in [2.05, 4.69) is 9.72 Å². The van der Waals surface area contributed by atoms with Crippen LogP contribution in [0, 0.1) is 6.92 Å². The highest BCUT2D eigenvalue weighted by Crippen LogP contribution is 2.21. The molecule has 0 aliphatic carbocycles. The highest BCUT2D eigenvalue weighted by molar-refractivity contribution is 7.89. The fourth-order valence-corrected chi connectivity index (χ4v) is 2.80. The van der Waals surface area contributed by atoms with Gasteiger partial charge >= 0.3 is 6.09 Å². The Labute approximate surface area is 122 Å². The SMILES string of the molecule is CCOC(=O)NNS(=O)(=O)c1cccc2cc(C)cnc12. The number of nitrogens with one attached hydrogen (secondary N) is 2. The van der Waals surface area contributed by atoms with E-state index in [1.807, 2.05) is 23.2 Å². The van der Waals surface area contributed by atoms with E-state index in [0.29, 0.717) is 10.9 Å². The van der Waals surface area contributed by atoms with Gasteiger partial charge in [0.1, 0.15) is 4.90 Å². The molecule has 0 spiro atoms. The van der Waals surface area contributed by atoms with Gasteiger partial charge < -0.3 is 4.74 Å². The number of carbonyl (C=O) groups is 1. The van der Waals surface area contributed by atoms with Crippen molar-refractivity contribution in [3.05, 3.63) is 36.0 Å². The third-order valence-electron chi connectivity index (χ3n) is 2.66. The van der Waals surface area contributed by atoms with Crippen LogP contribution in [-0.4, -0.2) is 26.1 Å². The number of sulfonamides is 1. The minimum atomic E-state index is -3.94. The average molecular weight is 309 g/mol. The molecule has 2 rings (SSSR count). The summed E-state index contributed by atoms with van der Waals surface area (Å²) in [6, 6.07) is 6.63. The van der Waals surface area contributed by atoms with E-state index < -0.39 is 16.1 Å². The Balaban J connectivity index is 2.34. The van der Waals surface area contributed by atoms with E-state index in [4.69, 9.17) is 0 Å². The van der Waals surface area contributed by atoms with Crippen molar-refractivity contribution >= 4 is 27.0 Å². The van der Waals surface area contributed by atoms with Crippen molar-refractivity contribution in [3.63, 3.8) is 0 Å². The fraction of sp³-hybridized carbons (Fsp3) is 0.231. The summed E-state index contributed by atoms with van der Waals surface area (Å²) in [7, 11) is -3.94. The van der Waals surface area contributed by atoms with Crippen molar-refractivity contribution < 1.29 is 17.9 Å². The molecule has 7 nitrogen and oxygen atoms in total. The van der Waals surface area contributed by atoms with Crippen LogP contribution >= 0.6 is 0 Å². The van der Waals surface area contributed by atoms with Gasteiger partial charge in [0.05, 0.1) is 12.1 Å². The Hall–Kier alpha value is -2.19. The lowest BCUT2D eigenvalue weighted by Gasteiger charge is -2.10. The number of fused-ring (bicyclic) bond motifs is 1. The van der Waals surface area contributed by atoms with Crippen LogP contribution in [0.4, 0.5) is 4.79 Å². The van der Waals surface area contributed by atoms with Gasteiger partial charge in [-0.1, -0.05) is 12.1 Å². The number of nitrogens with zero attached hydrogens (tertiary/aromatic N) is 1. The lowest BCUT2D eigenvalue weighted by Crippen LogP contribution is -2.41. The van der Waals surface area contributed by atoms with Crippen molar-refractivity contribution in [2.75, 3.05) is 6.61 Å². The standard InChI is InChI=1S/C13H15N3O4S/c1-3-20-13(17)15-16-21(18,19)11-6-4-5-10-7-9(2)8-14-12(10)11/h4-8,16H,3H2,1-2H3,(H,15,17). The number of hydrogen-bond acceptors (Lipinski definition) is 5. The number of ether oxygens (including phenoxy) is 1. The van der Waals surface area contributed by atoms with Gasteiger partial charge in [-0.2, -0.15) is 0 Å². The molecule has 0 unspecified atom stereocenters. The Morgan fingerprint density at radius 3 is 2.86 bits per heavy atom. The first kappa shape index (κ1) is 15.2. The minimum absolute atomic E-state index is 0.0169. The zero-order valence-electron chi connectivity index (χ0n) is 11.6. The first-order valence-corrected chi connectivity index (χ1v) is 7.72. The number of aryl methyl sites for hydroxylation is 1. The number of hydrogen-bond donors (Lipinski definition) is 2. The molecule has 1 aromatic heterocycles. The maximum Gasteiger partial charge on any atom is 0.422 e. The van der Waals surface area contributed by atoms with Gasteiger partial charge in [-0.25, -0.2) is 18.6 Å². The molecule has 8 heteroatoms. The van der Waals surface area contributed by atoms with Gasteiger partial charge in [0.15, 0.2) is 0 Å².